The fraction of sp³-hybridized carbons (Fsp3) is 0.667. The van der Waals surface area contributed by atoms with Crippen LogP contribution < -0.4 is 5.32 Å². The van der Waals surface area contributed by atoms with Gasteiger partial charge in [0.25, 0.3) is 0 Å². The molecule has 2 unspecified atom stereocenters. The second kappa shape index (κ2) is 5.85. The lowest BCUT2D eigenvalue weighted by molar-refractivity contribution is 0.0961. The molecule has 2 rings (SSSR count). The van der Waals surface area contributed by atoms with Gasteiger partial charge in [0, 0.05) is 11.6 Å². The summed E-state index contributed by atoms with van der Waals surface area (Å²) in [6, 6.07) is 3.47. The molecule has 1 N–H and O–H groups in total. The molecule has 1 aromatic rings. The maximum atomic E-state index is 13.9. The van der Waals surface area contributed by atoms with Crippen LogP contribution >= 0.6 is 15.9 Å². The van der Waals surface area contributed by atoms with E-state index in [0.29, 0.717) is 4.47 Å². The number of anilines is 1. The summed E-state index contributed by atoms with van der Waals surface area (Å²) in [7, 11) is -1.89. The lowest BCUT2D eigenvalue weighted by Crippen LogP contribution is -2.57. The molecule has 0 aliphatic carbocycles. The minimum atomic E-state index is -1.89. The molecule has 1 aliphatic rings. The standard InChI is InChI=1S/C18H29BrFNOSi/c1-11-12-9-13(19)14(20)10-15(12)21-18(5,6)16(11)22-23(7,8)17(2,3)4/h9-11,16,21H,1-8H3. The molecular formula is C18H29BrFNOSi. The van der Waals surface area contributed by atoms with E-state index < -0.39 is 8.32 Å². The molecule has 5 heteroatoms. The Balaban J connectivity index is 2.43. The molecule has 1 aromatic carbocycles. The van der Waals surface area contributed by atoms with Gasteiger partial charge in [0.15, 0.2) is 8.32 Å². The molecule has 23 heavy (non-hydrogen) atoms. The summed E-state index contributed by atoms with van der Waals surface area (Å²) in [6.07, 6.45) is 0.0493. The van der Waals surface area contributed by atoms with E-state index in [9.17, 15) is 4.39 Å². The lowest BCUT2D eigenvalue weighted by Gasteiger charge is -2.50. The normalized spacial score (nSPS) is 24.1. The van der Waals surface area contributed by atoms with Crippen LogP contribution in [-0.2, 0) is 4.43 Å². The van der Waals surface area contributed by atoms with Gasteiger partial charge in [-0.2, -0.15) is 0 Å². The smallest absolute Gasteiger partial charge is 0.192 e. The molecule has 1 heterocycles. The van der Waals surface area contributed by atoms with Crippen molar-refractivity contribution in [3.05, 3.63) is 28.0 Å². The highest BCUT2D eigenvalue weighted by Crippen LogP contribution is 2.46. The van der Waals surface area contributed by atoms with E-state index in [2.05, 4.69) is 75.9 Å². The first kappa shape index (κ1) is 18.9. The van der Waals surface area contributed by atoms with Crippen molar-refractivity contribution in [3.8, 4) is 0 Å². The molecule has 2 atom stereocenters. The van der Waals surface area contributed by atoms with Gasteiger partial charge in [0.1, 0.15) is 5.82 Å². The summed E-state index contributed by atoms with van der Waals surface area (Å²) in [5.41, 5.74) is 1.74. The quantitative estimate of drug-likeness (QED) is 0.588. The fourth-order valence-corrected chi connectivity index (χ4v) is 4.85. The predicted molar refractivity (Wildman–Crippen MR) is 102 cm³/mol. The maximum absolute atomic E-state index is 13.9. The predicted octanol–water partition coefficient (Wildman–Crippen LogP) is 6.29. The van der Waals surface area contributed by atoms with E-state index in [1.54, 1.807) is 6.07 Å². The van der Waals surface area contributed by atoms with Gasteiger partial charge >= 0.3 is 0 Å². The average Bonchev–Trinajstić information content (AvgIpc) is 2.36. The summed E-state index contributed by atoms with van der Waals surface area (Å²) in [4.78, 5) is 0. The van der Waals surface area contributed by atoms with Crippen LogP contribution in [0.5, 0.6) is 0 Å². The van der Waals surface area contributed by atoms with E-state index in [0.717, 1.165) is 11.3 Å². The number of hydrogen-bond acceptors (Lipinski definition) is 2. The number of benzene rings is 1. The van der Waals surface area contributed by atoms with Crippen LogP contribution in [0.1, 0.15) is 53.0 Å². The summed E-state index contributed by atoms with van der Waals surface area (Å²) in [5, 5.41) is 3.65. The van der Waals surface area contributed by atoms with Crippen LogP contribution in [0.4, 0.5) is 10.1 Å². The van der Waals surface area contributed by atoms with E-state index in [-0.39, 0.29) is 28.4 Å². The molecule has 0 fully saturated rings. The average molecular weight is 402 g/mol. The van der Waals surface area contributed by atoms with E-state index in [4.69, 9.17) is 4.43 Å². The molecule has 2 nitrogen and oxygen atoms in total. The number of hydrogen-bond donors (Lipinski definition) is 1. The molecule has 130 valence electrons. The molecule has 0 saturated heterocycles. The van der Waals surface area contributed by atoms with Gasteiger partial charge in [0.2, 0.25) is 0 Å². The minimum absolute atomic E-state index is 0.0493. The largest absolute Gasteiger partial charge is 0.411 e. The molecule has 0 saturated carbocycles. The Hall–Kier alpha value is -0.393. The SMILES string of the molecule is CC1c2cc(Br)c(F)cc2NC(C)(C)C1O[Si](C)(C)C(C)(C)C. The third-order valence-electron chi connectivity index (χ3n) is 5.43. The summed E-state index contributed by atoms with van der Waals surface area (Å²) in [5.74, 6) is -0.0321. The molecule has 0 bridgehead atoms. The lowest BCUT2D eigenvalue weighted by atomic mass is 9.79. The molecule has 1 aliphatic heterocycles. The zero-order valence-electron chi connectivity index (χ0n) is 15.5. The molecular weight excluding hydrogens is 373 g/mol. The highest BCUT2D eigenvalue weighted by Gasteiger charge is 2.47. The number of nitrogens with one attached hydrogen (secondary N) is 1. The third-order valence-corrected chi connectivity index (χ3v) is 10.5. The topological polar surface area (TPSA) is 21.3 Å². The molecule has 0 spiro atoms. The van der Waals surface area contributed by atoms with Crippen molar-refractivity contribution in [1.29, 1.82) is 0 Å². The Labute approximate surface area is 149 Å². The highest BCUT2D eigenvalue weighted by atomic mass is 79.9. The number of fused-ring (bicyclic) bond motifs is 1. The second-order valence-electron chi connectivity index (χ2n) is 8.79. The van der Waals surface area contributed by atoms with Crippen LogP contribution in [0.3, 0.4) is 0 Å². The number of halogens is 2. The van der Waals surface area contributed by atoms with Crippen molar-refractivity contribution in [2.24, 2.45) is 0 Å². The van der Waals surface area contributed by atoms with Crippen LogP contribution in [0, 0.1) is 5.82 Å². The zero-order valence-corrected chi connectivity index (χ0v) is 18.1. The summed E-state index contributed by atoms with van der Waals surface area (Å²) >= 11 is 3.31. The first-order chi connectivity index (χ1) is 10.3. The third kappa shape index (κ3) is 3.52. The fourth-order valence-electron chi connectivity index (χ4n) is 3.00. The van der Waals surface area contributed by atoms with Gasteiger partial charge in [-0.25, -0.2) is 4.39 Å². The van der Waals surface area contributed by atoms with E-state index in [1.807, 2.05) is 6.07 Å². The molecule has 0 radical (unpaired) electrons. The monoisotopic (exact) mass is 401 g/mol. The van der Waals surface area contributed by atoms with Crippen LogP contribution in [0.25, 0.3) is 0 Å². The van der Waals surface area contributed by atoms with Crippen molar-refractivity contribution in [3.63, 3.8) is 0 Å². The van der Waals surface area contributed by atoms with E-state index >= 15 is 0 Å². The molecule has 0 aromatic heterocycles. The summed E-state index contributed by atoms with van der Waals surface area (Å²) < 4.78 is 21.2. The Kier molecular flexibility index (Phi) is 4.82. The molecule has 0 amide bonds. The van der Waals surface area contributed by atoms with Crippen LogP contribution in [-0.4, -0.2) is 20.0 Å². The van der Waals surface area contributed by atoms with Gasteiger partial charge in [-0.3, -0.25) is 0 Å². The Morgan fingerprint density at radius 2 is 1.83 bits per heavy atom. The van der Waals surface area contributed by atoms with Crippen molar-refractivity contribution in [1.82, 2.24) is 0 Å². The van der Waals surface area contributed by atoms with Gasteiger partial charge in [-0.15, -0.1) is 0 Å². The Bertz CT molecular complexity index is 610. The summed E-state index contributed by atoms with van der Waals surface area (Å²) in [6.45, 7) is 17.8. The van der Waals surface area contributed by atoms with E-state index in [1.165, 1.54) is 0 Å². The Morgan fingerprint density at radius 1 is 1.26 bits per heavy atom. The van der Waals surface area contributed by atoms with Crippen molar-refractivity contribution < 1.29 is 8.82 Å². The highest BCUT2D eigenvalue weighted by molar-refractivity contribution is 9.10. The Morgan fingerprint density at radius 3 is 2.35 bits per heavy atom. The maximum Gasteiger partial charge on any atom is 0.192 e. The zero-order chi connectivity index (χ0) is 17.8. The van der Waals surface area contributed by atoms with Crippen LogP contribution in [0.15, 0.2) is 16.6 Å². The van der Waals surface area contributed by atoms with Gasteiger partial charge < -0.3 is 9.74 Å². The number of rotatable bonds is 2. The van der Waals surface area contributed by atoms with Gasteiger partial charge in [-0.1, -0.05) is 27.7 Å². The van der Waals surface area contributed by atoms with Crippen molar-refractivity contribution in [2.75, 3.05) is 5.32 Å². The van der Waals surface area contributed by atoms with Gasteiger partial charge in [-0.05, 0) is 65.6 Å². The first-order valence-corrected chi connectivity index (χ1v) is 11.9. The van der Waals surface area contributed by atoms with Gasteiger partial charge in [0.05, 0.1) is 16.1 Å². The minimum Gasteiger partial charge on any atom is -0.411 e. The van der Waals surface area contributed by atoms with Crippen LogP contribution in [0.2, 0.25) is 18.1 Å². The first-order valence-electron chi connectivity index (χ1n) is 8.21. The van der Waals surface area contributed by atoms with Crippen molar-refractivity contribution in [2.45, 2.75) is 77.2 Å². The van der Waals surface area contributed by atoms with Crippen molar-refractivity contribution >= 4 is 29.9 Å². The second-order valence-corrected chi connectivity index (χ2v) is 14.4.